The van der Waals surface area contributed by atoms with Gasteiger partial charge in [-0.25, -0.2) is 0 Å². The molecule has 20 heavy (non-hydrogen) atoms. The highest BCUT2D eigenvalue weighted by atomic mass is 15.2. The second-order valence-corrected chi connectivity index (χ2v) is 3.91. The summed E-state index contributed by atoms with van der Waals surface area (Å²) >= 11 is 0. The Hall–Kier alpha value is -2.28. The maximum absolute atomic E-state index is 3.89. The number of nitrogens with zero attached hydrogens (tertiary/aromatic N) is 1. The van der Waals surface area contributed by atoms with E-state index in [1.807, 2.05) is 57.2 Å². The molecule has 0 fully saturated rings. The first kappa shape index (κ1) is 17.7. The van der Waals surface area contributed by atoms with Gasteiger partial charge in [0.05, 0.1) is 0 Å². The molecular formula is C19H25N. The van der Waals surface area contributed by atoms with Crippen LogP contribution in [-0.2, 0) is 0 Å². The molecule has 106 valence electrons. The van der Waals surface area contributed by atoms with E-state index in [0.717, 1.165) is 17.1 Å². The summed E-state index contributed by atoms with van der Waals surface area (Å²) in [6.07, 6.45) is 19.4. The lowest BCUT2D eigenvalue weighted by Crippen LogP contribution is -2.19. The van der Waals surface area contributed by atoms with E-state index in [9.17, 15) is 0 Å². The van der Waals surface area contributed by atoms with Crippen molar-refractivity contribution in [1.29, 1.82) is 0 Å². The standard InChI is InChI=1S/C19H25N/c1-7-13-17(11-5)20(18(12-6)14-8-2)19(15-9-3)16-10-4/h7-16H,1,3,5H2,2,4,6H3/b14-8-,16-10-,17-13+,18-12+,19-15+. The molecule has 1 heteroatoms. The van der Waals surface area contributed by atoms with Gasteiger partial charge in [0.15, 0.2) is 0 Å². The van der Waals surface area contributed by atoms with Crippen LogP contribution >= 0.6 is 0 Å². The van der Waals surface area contributed by atoms with Crippen molar-refractivity contribution in [3.05, 3.63) is 97.6 Å². The van der Waals surface area contributed by atoms with E-state index in [2.05, 4.69) is 36.8 Å². The topological polar surface area (TPSA) is 3.24 Å². The van der Waals surface area contributed by atoms with E-state index >= 15 is 0 Å². The zero-order valence-electron chi connectivity index (χ0n) is 12.8. The molecule has 0 N–H and O–H groups in total. The number of hydrogen-bond acceptors (Lipinski definition) is 1. The summed E-state index contributed by atoms with van der Waals surface area (Å²) < 4.78 is 0. The molecule has 0 aliphatic heterocycles. The second-order valence-electron chi connectivity index (χ2n) is 3.91. The van der Waals surface area contributed by atoms with Crippen LogP contribution < -0.4 is 0 Å². The number of rotatable bonds is 8. The molecule has 0 radical (unpaired) electrons. The van der Waals surface area contributed by atoms with Crippen LogP contribution in [0.3, 0.4) is 0 Å². The van der Waals surface area contributed by atoms with Gasteiger partial charge in [-0.3, -0.25) is 0 Å². The van der Waals surface area contributed by atoms with Gasteiger partial charge in [0.1, 0.15) is 0 Å². The second kappa shape index (κ2) is 10.6. The third-order valence-electron chi connectivity index (χ3n) is 2.53. The normalized spacial score (nSPS) is 13.8. The summed E-state index contributed by atoms with van der Waals surface area (Å²) in [5.41, 5.74) is 3.03. The number of hydrogen-bond donors (Lipinski definition) is 0. The lowest BCUT2D eigenvalue weighted by atomic mass is 10.2. The first-order valence-electron chi connectivity index (χ1n) is 6.69. The Bertz CT molecular complexity index is 482. The Kier molecular flexibility index (Phi) is 9.41. The molecule has 0 unspecified atom stereocenters. The van der Waals surface area contributed by atoms with Gasteiger partial charge in [-0.1, -0.05) is 50.1 Å². The fraction of sp³-hybridized carbons (Fsp3) is 0.158. The first-order chi connectivity index (χ1) is 9.69. The minimum Gasteiger partial charge on any atom is -0.311 e. The van der Waals surface area contributed by atoms with Crippen molar-refractivity contribution in [1.82, 2.24) is 4.90 Å². The largest absolute Gasteiger partial charge is 0.311 e. The van der Waals surface area contributed by atoms with Crippen LogP contribution in [0.2, 0.25) is 0 Å². The van der Waals surface area contributed by atoms with Crippen molar-refractivity contribution in [3.63, 3.8) is 0 Å². The van der Waals surface area contributed by atoms with E-state index in [0.29, 0.717) is 0 Å². The molecule has 0 aromatic rings. The fourth-order valence-corrected chi connectivity index (χ4v) is 1.77. The zero-order chi connectivity index (χ0) is 15.4. The quantitative estimate of drug-likeness (QED) is 0.512. The van der Waals surface area contributed by atoms with Crippen molar-refractivity contribution in [2.45, 2.75) is 20.8 Å². The summed E-state index contributed by atoms with van der Waals surface area (Å²) in [5.74, 6) is 0. The molecule has 0 saturated heterocycles. The van der Waals surface area contributed by atoms with Crippen LogP contribution in [0.15, 0.2) is 97.6 Å². The van der Waals surface area contributed by atoms with E-state index in [1.54, 1.807) is 12.2 Å². The summed E-state index contributed by atoms with van der Waals surface area (Å²) in [6, 6.07) is 0. The van der Waals surface area contributed by atoms with Crippen LogP contribution in [0.25, 0.3) is 0 Å². The maximum Gasteiger partial charge on any atom is 0.0457 e. The predicted octanol–water partition coefficient (Wildman–Crippen LogP) is 5.67. The molecule has 0 heterocycles. The molecule has 0 aromatic heterocycles. The Balaban J connectivity index is 6.10. The van der Waals surface area contributed by atoms with Crippen molar-refractivity contribution < 1.29 is 0 Å². The van der Waals surface area contributed by atoms with E-state index in [1.165, 1.54) is 0 Å². The highest BCUT2D eigenvalue weighted by Gasteiger charge is 2.12. The lowest BCUT2D eigenvalue weighted by molar-refractivity contribution is 0.577. The molecule has 0 spiro atoms. The van der Waals surface area contributed by atoms with Gasteiger partial charge in [-0.05, 0) is 51.2 Å². The van der Waals surface area contributed by atoms with Gasteiger partial charge in [0, 0.05) is 17.1 Å². The average Bonchev–Trinajstić information content (AvgIpc) is 2.45. The van der Waals surface area contributed by atoms with Gasteiger partial charge in [0.25, 0.3) is 0 Å². The molecule has 0 aromatic carbocycles. The van der Waals surface area contributed by atoms with E-state index < -0.39 is 0 Å². The van der Waals surface area contributed by atoms with Gasteiger partial charge in [-0.15, -0.1) is 0 Å². The summed E-state index contributed by atoms with van der Waals surface area (Å²) in [6.45, 7) is 17.5. The minimum absolute atomic E-state index is 0.956. The molecule has 0 rings (SSSR count). The SMILES string of the molecule is C=C/C=C(\C=C)N(C(/C=C\C)=C/C)C(/C=C\C)=C/C=C. The zero-order valence-corrected chi connectivity index (χ0v) is 12.8. The minimum atomic E-state index is 0.956. The fourth-order valence-electron chi connectivity index (χ4n) is 1.77. The monoisotopic (exact) mass is 267 g/mol. The van der Waals surface area contributed by atoms with Gasteiger partial charge >= 0.3 is 0 Å². The smallest absolute Gasteiger partial charge is 0.0457 e. The molecule has 1 nitrogen and oxygen atoms in total. The van der Waals surface area contributed by atoms with Gasteiger partial charge in [0.2, 0.25) is 0 Å². The highest BCUT2D eigenvalue weighted by molar-refractivity contribution is 5.39. The van der Waals surface area contributed by atoms with E-state index in [-0.39, 0.29) is 0 Å². The summed E-state index contributed by atoms with van der Waals surface area (Å²) in [5, 5.41) is 0. The first-order valence-corrected chi connectivity index (χ1v) is 6.69. The van der Waals surface area contributed by atoms with Crippen LogP contribution in [-0.4, -0.2) is 4.90 Å². The molecule has 0 amide bonds. The third-order valence-corrected chi connectivity index (χ3v) is 2.53. The Morgan fingerprint density at radius 1 is 0.750 bits per heavy atom. The molecular weight excluding hydrogens is 242 g/mol. The number of allylic oxidation sites excluding steroid dienone is 10. The molecule has 0 saturated carbocycles. The molecule has 0 aliphatic rings. The van der Waals surface area contributed by atoms with Gasteiger partial charge in [-0.2, -0.15) is 0 Å². The van der Waals surface area contributed by atoms with Crippen molar-refractivity contribution in [3.8, 4) is 0 Å². The van der Waals surface area contributed by atoms with Crippen LogP contribution in [0.1, 0.15) is 20.8 Å². The Morgan fingerprint density at radius 2 is 1.25 bits per heavy atom. The molecule has 0 bridgehead atoms. The molecule has 0 aliphatic carbocycles. The maximum atomic E-state index is 3.89. The van der Waals surface area contributed by atoms with Crippen molar-refractivity contribution >= 4 is 0 Å². The highest BCUT2D eigenvalue weighted by Crippen LogP contribution is 2.23. The Morgan fingerprint density at radius 3 is 1.65 bits per heavy atom. The average molecular weight is 267 g/mol. The van der Waals surface area contributed by atoms with Crippen molar-refractivity contribution in [2.75, 3.05) is 0 Å². The lowest BCUT2D eigenvalue weighted by Gasteiger charge is -2.28. The van der Waals surface area contributed by atoms with Crippen LogP contribution in [0, 0.1) is 0 Å². The van der Waals surface area contributed by atoms with Crippen LogP contribution in [0.4, 0.5) is 0 Å². The predicted molar refractivity (Wildman–Crippen MR) is 92.0 cm³/mol. The van der Waals surface area contributed by atoms with E-state index in [4.69, 9.17) is 0 Å². The van der Waals surface area contributed by atoms with Crippen LogP contribution in [0.5, 0.6) is 0 Å². The summed E-state index contributed by atoms with van der Waals surface area (Å²) in [4.78, 5) is 2.11. The summed E-state index contributed by atoms with van der Waals surface area (Å²) in [7, 11) is 0. The third kappa shape index (κ3) is 5.15. The molecule has 0 atom stereocenters. The van der Waals surface area contributed by atoms with Gasteiger partial charge < -0.3 is 4.90 Å². The van der Waals surface area contributed by atoms with Crippen molar-refractivity contribution in [2.24, 2.45) is 0 Å². The Labute approximate surface area is 124 Å².